The molecule has 0 amide bonds. The number of nitrogens with two attached hydrogens (primary N) is 1. The van der Waals surface area contributed by atoms with Gasteiger partial charge in [-0.1, -0.05) is 0 Å². The monoisotopic (exact) mass is 156 g/mol. The van der Waals surface area contributed by atoms with E-state index >= 15 is 0 Å². The van der Waals surface area contributed by atoms with Crippen LogP contribution in [0.25, 0.3) is 0 Å². The van der Waals surface area contributed by atoms with Crippen LogP contribution in [-0.4, -0.2) is 25.8 Å². The lowest BCUT2D eigenvalue weighted by molar-refractivity contribution is -0.137. The van der Waals surface area contributed by atoms with Crippen LogP contribution in [0.2, 0.25) is 0 Å². The van der Waals surface area contributed by atoms with Gasteiger partial charge in [0.2, 0.25) is 0 Å². The molecule has 0 aromatic heterocycles. The molecule has 0 spiro atoms. The van der Waals surface area contributed by atoms with Gasteiger partial charge in [-0.05, 0) is 6.92 Å². The van der Waals surface area contributed by atoms with Crippen molar-refractivity contribution in [2.24, 2.45) is 10.7 Å². The van der Waals surface area contributed by atoms with E-state index in [1.54, 1.807) is 14.0 Å². The van der Waals surface area contributed by atoms with Crippen LogP contribution in [0.4, 0.5) is 0 Å². The molecule has 4 nitrogen and oxygen atoms in total. The van der Waals surface area contributed by atoms with Crippen molar-refractivity contribution in [1.82, 2.24) is 0 Å². The fourth-order valence-electron chi connectivity index (χ4n) is 0.517. The van der Waals surface area contributed by atoms with E-state index in [0.29, 0.717) is 6.61 Å². The lowest BCUT2D eigenvalue weighted by atomic mass is 10.3. The van der Waals surface area contributed by atoms with Crippen LogP contribution in [0.3, 0.4) is 0 Å². The molecule has 4 heteroatoms. The first-order chi connectivity index (χ1) is 5.26. The minimum atomic E-state index is -0.444. The first-order valence-corrected chi connectivity index (χ1v) is 3.27. The Hall–Kier alpha value is -1.32. The van der Waals surface area contributed by atoms with E-state index in [1.165, 1.54) is 12.4 Å². The van der Waals surface area contributed by atoms with Crippen molar-refractivity contribution in [3.63, 3.8) is 0 Å². The van der Waals surface area contributed by atoms with Gasteiger partial charge in [0.05, 0.1) is 12.2 Å². The number of hydrogen-bond acceptors (Lipinski definition) is 4. The predicted octanol–water partition coefficient (Wildman–Crippen LogP) is 0.0927. The minimum absolute atomic E-state index is 0.273. The molecule has 0 aliphatic rings. The maximum Gasteiger partial charge on any atom is 0.341 e. The number of nitrogens with zero attached hydrogens (tertiary/aromatic N) is 1. The Labute approximate surface area is 65.7 Å². The van der Waals surface area contributed by atoms with Gasteiger partial charge in [-0.2, -0.15) is 0 Å². The van der Waals surface area contributed by atoms with Crippen LogP contribution < -0.4 is 5.73 Å². The number of carbonyl (C=O) groups excluding carboxylic acids is 1. The first-order valence-electron chi connectivity index (χ1n) is 3.27. The molecule has 0 heterocycles. The Bertz CT molecular complexity index is 185. The number of carbonyl (C=O) groups is 1. The topological polar surface area (TPSA) is 64.7 Å². The van der Waals surface area contributed by atoms with Crippen LogP contribution >= 0.6 is 0 Å². The third-order valence-corrected chi connectivity index (χ3v) is 0.959. The van der Waals surface area contributed by atoms with Crippen LogP contribution in [-0.2, 0) is 9.53 Å². The maximum atomic E-state index is 10.9. The van der Waals surface area contributed by atoms with E-state index in [-0.39, 0.29) is 5.57 Å². The molecule has 0 aliphatic heterocycles. The number of hydrogen-bond donors (Lipinski definition) is 1. The minimum Gasteiger partial charge on any atom is -0.462 e. The van der Waals surface area contributed by atoms with Crippen molar-refractivity contribution >= 4 is 12.2 Å². The average Bonchev–Trinajstić information content (AvgIpc) is 2.00. The Morgan fingerprint density at radius 2 is 2.36 bits per heavy atom. The molecule has 0 unspecified atom stereocenters. The molecule has 0 bridgehead atoms. The van der Waals surface area contributed by atoms with Gasteiger partial charge in [-0.25, -0.2) is 4.79 Å². The average molecular weight is 156 g/mol. The zero-order valence-corrected chi connectivity index (χ0v) is 6.70. The summed E-state index contributed by atoms with van der Waals surface area (Å²) in [4.78, 5) is 14.5. The Morgan fingerprint density at radius 1 is 1.73 bits per heavy atom. The Kier molecular flexibility index (Phi) is 4.81. The fraction of sp³-hybridized carbons (Fsp3) is 0.429. The molecule has 0 aromatic carbocycles. The largest absolute Gasteiger partial charge is 0.462 e. The summed E-state index contributed by atoms with van der Waals surface area (Å²) in [7, 11) is 1.56. The lowest BCUT2D eigenvalue weighted by Gasteiger charge is -1.99. The van der Waals surface area contributed by atoms with Gasteiger partial charge in [0.15, 0.2) is 0 Å². The number of aliphatic imine (C=N–C) groups is 1. The standard InChI is InChI=1S/C7H12N2O2/c1-3-11-7(10)6(4-8)5-9-2/h4-5H,3,8H2,1-2H3/b6-4+,9-5-. The fourth-order valence-corrected chi connectivity index (χ4v) is 0.517. The summed E-state index contributed by atoms with van der Waals surface area (Å²) in [6, 6.07) is 0. The van der Waals surface area contributed by atoms with E-state index in [2.05, 4.69) is 9.73 Å². The normalized spacial score (nSPS) is 12.0. The molecule has 0 aromatic rings. The third kappa shape index (κ3) is 3.40. The van der Waals surface area contributed by atoms with Gasteiger partial charge < -0.3 is 10.5 Å². The number of ether oxygens (including phenoxy) is 1. The molecule has 0 saturated heterocycles. The summed E-state index contributed by atoms with van der Waals surface area (Å²) in [6.07, 6.45) is 2.53. The highest BCUT2D eigenvalue weighted by molar-refractivity contribution is 6.09. The molecule has 0 radical (unpaired) electrons. The van der Waals surface area contributed by atoms with Crippen molar-refractivity contribution in [1.29, 1.82) is 0 Å². The molecule has 0 rings (SSSR count). The quantitative estimate of drug-likeness (QED) is 0.358. The molecule has 0 atom stereocenters. The van der Waals surface area contributed by atoms with Gasteiger partial charge in [0.25, 0.3) is 0 Å². The molecule has 11 heavy (non-hydrogen) atoms. The first kappa shape index (κ1) is 9.68. The molecular weight excluding hydrogens is 144 g/mol. The van der Waals surface area contributed by atoms with E-state index in [0.717, 1.165) is 0 Å². The van der Waals surface area contributed by atoms with E-state index < -0.39 is 5.97 Å². The van der Waals surface area contributed by atoms with Crippen molar-refractivity contribution in [2.45, 2.75) is 6.92 Å². The highest BCUT2D eigenvalue weighted by Crippen LogP contribution is 1.91. The van der Waals surface area contributed by atoms with E-state index in [1.807, 2.05) is 0 Å². The molecule has 2 N–H and O–H groups in total. The van der Waals surface area contributed by atoms with E-state index in [4.69, 9.17) is 5.73 Å². The second-order valence-electron chi connectivity index (χ2n) is 1.73. The van der Waals surface area contributed by atoms with Crippen molar-refractivity contribution in [3.05, 3.63) is 11.8 Å². The summed E-state index contributed by atoms with van der Waals surface area (Å²) in [5.74, 6) is -0.444. The summed E-state index contributed by atoms with van der Waals surface area (Å²) < 4.78 is 4.67. The second kappa shape index (κ2) is 5.46. The SMILES string of the molecule is CCOC(=O)C(/C=N\C)=C/N. The summed E-state index contributed by atoms with van der Waals surface area (Å²) >= 11 is 0. The van der Waals surface area contributed by atoms with Crippen LogP contribution in [0.1, 0.15) is 6.92 Å². The molecule has 0 fully saturated rings. The molecular formula is C7H12N2O2. The van der Waals surface area contributed by atoms with Crippen molar-refractivity contribution < 1.29 is 9.53 Å². The predicted molar refractivity (Wildman–Crippen MR) is 43.3 cm³/mol. The highest BCUT2D eigenvalue weighted by Gasteiger charge is 2.05. The molecule has 0 saturated carbocycles. The van der Waals surface area contributed by atoms with Gasteiger partial charge >= 0.3 is 5.97 Å². The number of rotatable bonds is 3. The molecule has 62 valence electrons. The zero-order valence-electron chi connectivity index (χ0n) is 6.70. The van der Waals surface area contributed by atoms with Crippen LogP contribution in [0.15, 0.2) is 16.8 Å². The highest BCUT2D eigenvalue weighted by atomic mass is 16.5. The Balaban J connectivity index is 4.16. The summed E-state index contributed by atoms with van der Waals surface area (Å²) in [6.45, 7) is 2.07. The van der Waals surface area contributed by atoms with Gasteiger partial charge in [0, 0.05) is 19.5 Å². The Morgan fingerprint density at radius 3 is 2.73 bits per heavy atom. The van der Waals surface area contributed by atoms with Crippen LogP contribution in [0.5, 0.6) is 0 Å². The van der Waals surface area contributed by atoms with Gasteiger partial charge in [0.1, 0.15) is 0 Å². The maximum absolute atomic E-state index is 10.9. The zero-order chi connectivity index (χ0) is 8.69. The molecule has 0 aliphatic carbocycles. The van der Waals surface area contributed by atoms with Crippen LogP contribution in [0, 0.1) is 0 Å². The van der Waals surface area contributed by atoms with Gasteiger partial charge in [-0.15, -0.1) is 0 Å². The van der Waals surface area contributed by atoms with Crippen molar-refractivity contribution in [2.75, 3.05) is 13.7 Å². The lowest BCUT2D eigenvalue weighted by Crippen LogP contribution is -2.10. The summed E-state index contributed by atoms with van der Waals surface area (Å²) in [5, 5.41) is 0. The van der Waals surface area contributed by atoms with Gasteiger partial charge in [-0.3, -0.25) is 4.99 Å². The van der Waals surface area contributed by atoms with E-state index in [9.17, 15) is 4.79 Å². The summed E-state index contributed by atoms with van der Waals surface area (Å²) in [5.41, 5.74) is 5.41. The second-order valence-corrected chi connectivity index (χ2v) is 1.73. The smallest absolute Gasteiger partial charge is 0.341 e. The van der Waals surface area contributed by atoms with Crippen molar-refractivity contribution in [3.8, 4) is 0 Å². The number of esters is 1. The third-order valence-electron chi connectivity index (χ3n) is 0.959.